The van der Waals surface area contributed by atoms with Crippen LogP contribution in [0.15, 0.2) is 30.3 Å². The minimum Gasteiger partial charge on any atom is -0.486 e. The molecule has 2 heterocycles. The number of ether oxygens (including phenoxy) is 2. The molecule has 1 atom stereocenters. The molecule has 0 saturated carbocycles. The summed E-state index contributed by atoms with van der Waals surface area (Å²) in [5.41, 5.74) is -0.270. The van der Waals surface area contributed by atoms with Gasteiger partial charge in [-0.15, -0.1) is 11.3 Å². The molecule has 7 nitrogen and oxygen atoms in total. The van der Waals surface area contributed by atoms with E-state index in [0.717, 1.165) is 17.4 Å². The number of hydrogen-bond donors (Lipinski definition) is 1. The molecule has 0 radical (unpaired) electrons. The van der Waals surface area contributed by atoms with E-state index >= 15 is 0 Å². The Bertz CT molecular complexity index is 763. The van der Waals surface area contributed by atoms with Gasteiger partial charge in [0, 0.05) is 6.07 Å². The van der Waals surface area contributed by atoms with Gasteiger partial charge in [-0.25, -0.2) is 0 Å². The molecular weight excluding hydrogens is 344 g/mol. The van der Waals surface area contributed by atoms with E-state index in [4.69, 9.17) is 21.1 Å². The van der Waals surface area contributed by atoms with Crippen molar-refractivity contribution in [3.8, 4) is 11.5 Å². The Balaban J connectivity index is 1.60. The lowest BCUT2D eigenvalue weighted by Gasteiger charge is -2.26. The van der Waals surface area contributed by atoms with Gasteiger partial charge in [-0.05, 0) is 12.1 Å². The summed E-state index contributed by atoms with van der Waals surface area (Å²) in [4.78, 5) is 22.3. The SMILES string of the molecule is O=C(NCC1COc2ccccc2O1)c1cc([N+](=O)[O-])c(Cl)s1. The number of halogens is 1. The molecule has 1 aliphatic rings. The highest BCUT2D eigenvalue weighted by atomic mass is 35.5. The first-order valence-electron chi connectivity index (χ1n) is 6.65. The van der Waals surface area contributed by atoms with Crippen LogP contribution in [0.4, 0.5) is 5.69 Å². The van der Waals surface area contributed by atoms with Gasteiger partial charge < -0.3 is 14.8 Å². The zero-order chi connectivity index (χ0) is 16.4. The summed E-state index contributed by atoms with van der Waals surface area (Å²) in [6.45, 7) is 0.527. The molecule has 1 unspecified atom stereocenters. The smallest absolute Gasteiger partial charge is 0.299 e. The third-order valence-corrected chi connectivity index (χ3v) is 4.48. The molecule has 0 aliphatic carbocycles. The average Bonchev–Trinajstić information content (AvgIpc) is 2.94. The van der Waals surface area contributed by atoms with Crippen molar-refractivity contribution in [2.24, 2.45) is 0 Å². The fraction of sp³-hybridized carbons (Fsp3) is 0.214. The van der Waals surface area contributed by atoms with Crippen molar-refractivity contribution >= 4 is 34.5 Å². The number of rotatable bonds is 4. The maximum atomic E-state index is 12.0. The summed E-state index contributed by atoms with van der Waals surface area (Å²) in [7, 11) is 0. The standard InChI is InChI=1S/C14H11ClN2O5S/c15-13-9(17(19)20)5-12(23-13)14(18)16-6-8-7-21-10-3-1-2-4-11(10)22-8/h1-5,8H,6-7H2,(H,16,18). The highest BCUT2D eigenvalue weighted by Crippen LogP contribution is 2.34. The third kappa shape index (κ3) is 3.38. The number of para-hydroxylation sites is 2. The topological polar surface area (TPSA) is 90.7 Å². The Morgan fingerprint density at radius 1 is 1.43 bits per heavy atom. The summed E-state index contributed by atoms with van der Waals surface area (Å²) in [5.74, 6) is 0.844. The van der Waals surface area contributed by atoms with Crippen molar-refractivity contribution in [1.29, 1.82) is 0 Å². The van der Waals surface area contributed by atoms with Gasteiger partial charge in [-0.2, -0.15) is 0 Å². The first-order valence-corrected chi connectivity index (χ1v) is 7.84. The van der Waals surface area contributed by atoms with Crippen molar-refractivity contribution in [2.45, 2.75) is 6.10 Å². The van der Waals surface area contributed by atoms with Gasteiger partial charge in [0.2, 0.25) is 0 Å². The highest BCUT2D eigenvalue weighted by molar-refractivity contribution is 7.18. The maximum absolute atomic E-state index is 12.0. The van der Waals surface area contributed by atoms with E-state index < -0.39 is 10.8 Å². The van der Waals surface area contributed by atoms with Gasteiger partial charge in [0.25, 0.3) is 11.6 Å². The monoisotopic (exact) mass is 354 g/mol. The first kappa shape index (κ1) is 15.6. The Hall–Kier alpha value is -2.32. The fourth-order valence-electron chi connectivity index (χ4n) is 2.05. The van der Waals surface area contributed by atoms with Crippen LogP contribution in [0.5, 0.6) is 11.5 Å². The minimum atomic E-state index is -0.620. The summed E-state index contributed by atoms with van der Waals surface area (Å²) in [6, 6.07) is 8.42. The van der Waals surface area contributed by atoms with Crippen LogP contribution in [0.2, 0.25) is 4.34 Å². The number of fused-ring (bicyclic) bond motifs is 1. The maximum Gasteiger partial charge on any atom is 0.299 e. The molecule has 0 saturated heterocycles. The largest absolute Gasteiger partial charge is 0.486 e. The zero-order valence-corrected chi connectivity index (χ0v) is 13.2. The van der Waals surface area contributed by atoms with Gasteiger partial charge in [0.05, 0.1) is 11.5 Å². The molecule has 1 aliphatic heterocycles. The number of nitro groups is 1. The van der Waals surface area contributed by atoms with Crippen molar-refractivity contribution in [2.75, 3.05) is 13.2 Å². The molecule has 1 amide bonds. The number of carbonyl (C=O) groups is 1. The molecule has 0 bridgehead atoms. The minimum absolute atomic E-state index is 0.0219. The van der Waals surface area contributed by atoms with Crippen molar-refractivity contribution in [3.05, 3.63) is 49.7 Å². The second-order valence-corrected chi connectivity index (χ2v) is 6.39. The van der Waals surface area contributed by atoms with E-state index in [-0.39, 0.29) is 27.5 Å². The van der Waals surface area contributed by atoms with E-state index in [0.29, 0.717) is 18.1 Å². The molecule has 0 spiro atoms. The Kier molecular flexibility index (Phi) is 4.35. The molecular formula is C14H11ClN2O5S. The van der Waals surface area contributed by atoms with Crippen LogP contribution in [0.25, 0.3) is 0 Å². The van der Waals surface area contributed by atoms with Crippen LogP contribution in [-0.4, -0.2) is 30.1 Å². The van der Waals surface area contributed by atoms with Crippen molar-refractivity contribution in [3.63, 3.8) is 0 Å². The molecule has 0 fully saturated rings. The first-order chi connectivity index (χ1) is 11.0. The Morgan fingerprint density at radius 3 is 2.87 bits per heavy atom. The normalized spacial score (nSPS) is 16.0. The number of nitrogens with zero attached hydrogens (tertiary/aromatic N) is 1. The van der Waals surface area contributed by atoms with E-state index in [1.165, 1.54) is 0 Å². The van der Waals surface area contributed by atoms with Crippen molar-refractivity contribution in [1.82, 2.24) is 5.32 Å². The zero-order valence-electron chi connectivity index (χ0n) is 11.7. The lowest BCUT2D eigenvalue weighted by molar-refractivity contribution is -0.384. The molecule has 3 rings (SSSR count). The molecule has 1 aromatic carbocycles. The van der Waals surface area contributed by atoms with Crippen LogP contribution in [0.1, 0.15) is 9.67 Å². The van der Waals surface area contributed by atoms with Crippen LogP contribution in [-0.2, 0) is 0 Å². The summed E-state index contributed by atoms with van der Waals surface area (Å²) in [6.07, 6.45) is -0.334. The number of nitrogens with one attached hydrogen (secondary N) is 1. The van der Waals surface area contributed by atoms with E-state index in [1.807, 2.05) is 12.1 Å². The average molecular weight is 355 g/mol. The Morgan fingerprint density at radius 2 is 2.17 bits per heavy atom. The predicted octanol–water partition coefficient (Wildman–Crippen LogP) is 2.88. The Labute approximate surface area is 139 Å². The fourth-order valence-corrected chi connectivity index (χ4v) is 3.19. The number of benzene rings is 1. The molecule has 23 heavy (non-hydrogen) atoms. The van der Waals surface area contributed by atoms with Gasteiger partial charge in [0.1, 0.15) is 17.6 Å². The number of thiophene rings is 1. The predicted molar refractivity (Wildman–Crippen MR) is 84.7 cm³/mol. The molecule has 2 aromatic rings. The van der Waals surface area contributed by atoms with Gasteiger partial charge in [0.15, 0.2) is 15.8 Å². The number of amides is 1. The van der Waals surface area contributed by atoms with Crippen LogP contribution < -0.4 is 14.8 Å². The molecule has 120 valence electrons. The molecule has 1 N–H and O–H groups in total. The summed E-state index contributed by atoms with van der Waals surface area (Å²) >= 11 is 6.61. The molecule has 9 heteroatoms. The number of hydrogen-bond acceptors (Lipinski definition) is 6. The van der Waals surface area contributed by atoms with E-state index in [9.17, 15) is 14.9 Å². The van der Waals surface area contributed by atoms with Crippen molar-refractivity contribution < 1.29 is 19.2 Å². The third-order valence-electron chi connectivity index (χ3n) is 3.15. The van der Waals surface area contributed by atoms with Crippen LogP contribution in [0, 0.1) is 10.1 Å². The van der Waals surface area contributed by atoms with Gasteiger partial charge >= 0.3 is 0 Å². The van der Waals surface area contributed by atoms with Gasteiger partial charge in [-0.3, -0.25) is 14.9 Å². The second kappa shape index (κ2) is 6.43. The molecule has 1 aromatic heterocycles. The van der Waals surface area contributed by atoms with Crippen LogP contribution >= 0.6 is 22.9 Å². The van der Waals surface area contributed by atoms with Crippen LogP contribution in [0.3, 0.4) is 0 Å². The van der Waals surface area contributed by atoms with E-state index in [2.05, 4.69) is 5.32 Å². The summed E-state index contributed by atoms with van der Waals surface area (Å²) in [5, 5.41) is 13.4. The quantitative estimate of drug-likeness (QED) is 0.673. The highest BCUT2D eigenvalue weighted by Gasteiger charge is 2.24. The number of carbonyl (C=O) groups excluding carboxylic acids is 1. The second-order valence-electron chi connectivity index (χ2n) is 4.73. The van der Waals surface area contributed by atoms with Gasteiger partial charge in [-0.1, -0.05) is 23.7 Å². The lowest BCUT2D eigenvalue weighted by atomic mass is 10.2. The van der Waals surface area contributed by atoms with E-state index in [1.54, 1.807) is 12.1 Å². The summed E-state index contributed by atoms with van der Waals surface area (Å²) < 4.78 is 11.2. The lowest BCUT2D eigenvalue weighted by Crippen LogP contribution is -2.40.